The summed E-state index contributed by atoms with van der Waals surface area (Å²) in [7, 11) is 0. The van der Waals surface area contributed by atoms with E-state index in [-0.39, 0.29) is 49.4 Å². The lowest BCUT2D eigenvalue weighted by atomic mass is 9.55. The van der Waals surface area contributed by atoms with E-state index in [1.54, 1.807) is 12.1 Å². The van der Waals surface area contributed by atoms with Gasteiger partial charge < -0.3 is 39.5 Å². The highest BCUT2D eigenvalue weighted by molar-refractivity contribution is 6.03. The minimum Gasteiger partial charge on any atom is -0.459 e. The number of hydrogen-bond acceptors (Lipinski definition) is 9. The van der Waals surface area contributed by atoms with Gasteiger partial charge in [0.25, 0.3) is 0 Å². The van der Waals surface area contributed by atoms with Crippen molar-refractivity contribution in [3.05, 3.63) is 96.1 Å². The van der Waals surface area contributed by atoms with Crippen LogP contribution in [0.15, 0.2) is 90.1 Å². The molecule has 0 aromatic heterocycles. The topological polar surface area (TPSA) is 139 Å². The minimum atomic E-state index is -1.37. The normalized spacial score (nSPS) is 25.2. The lowest BCUT2D eigenvalue weighted by molar-refractivity contribution is -0.258. The highest BCUT2D eigenvalue weighted by Gasteiger charge is 2.66. The maximum atomic E-state index is 14.9. The Bertz CT molecular complexity index is 1990. The standard InChI is InChI=1S/C47H59N3O8/c1-4-26-55-47-42(50(45(53)32-20-21-32)30-34-17-13-16-31-14-7-8-18-36(31)34)29-40(49-56-6-3)38-27-33(15-9-11-24-51)37(19-10-12-25-52)43(44(38)47)39-28-35(22-23-41(39)58-47)57-46(54)48-5-2/h4,7-8,13-14,16-18,22-23,27-28,32-33,37,42-44,51-52H,1,5-6,9-12,15,19-21,24-26,29-30H2,2-3H3,(H,48,54). The molecule has 11 nitrogen and oxygen atoms in total. The van der Waals surface area contributed by atoms with E-state index >= 15 is 0 Å². The van der Waals surface area contributed by atoms with E-state index in [9.17, 15) is 19.8 Å². The Morgan fingerprint density at radius 1 is 1.02 bits per heavy atom. The van der Waals surface area contributed by atoms with Gasteiger partial charge in [-0.25, -0.2) is 4.79 Å². The fraction of sp³-hybridized carbons (Fsp3) is 0.511. The number of hydrogen-bond donors (Lipinski definition) is 3. The number of rotatable bonds is 19. The molecule has 6 atom stereocenters. The van der Waals surface area contributed by atoms with Crippen molar-refractivity contribution in [3.63, 3.8) is 0 Å². The summed E-state index contributed by atoms with van der Waals surface area (Å²) in [6.45, 7) is 9.32. The molecule has 0 bridgehead atoms. The Hall–Kier alpha value is -4.71. The fourth-order valence-corrected chi connectivity index (χ4v) is 9.66. The third-order valence-corrected chi connectivity index (χ3v) is 12.3. The fourth-order valence-electron chi connectivity index (χ4n) is 9.66. The largest absolute Gasteiger partial charge is 0.459 e. The van der Waals surface area contributed by atoms with Crippen molar-refractivity contribution < 1.29 is 38.9 Å². The van der Waals surface area contributed by atoms with Crippen LogP contribution in [0.1, 0.15) is 88.7 Å². The summed E-state index contributed by atoms with van der Waals surface area (Å²) >= 11 is 0. The van der Waals surface area contributed by atoms with Crippen LogP contribution in [0.2, 0.25) is 0 Å². The number of unbranched alkanes of at least 4 members (excludes halogenated alkanes) is 2. The third kappa shape index (κ3) is 8.53. The molecule has 3 aliphatic carbocycles. The number of carbonyl (C=O) groups is 2. The zero-order valence-electron chi connectivity index (χ0n) is 33.9. The first-order chi connectivity index (χ1) is 28.4. The van der Waals surface area contributed by atoms with Crippen LogP contribution in [0.25, 0.3) is 10.8 Å². The van der Waals surface area contributed by atoms with Gasteiger partial charge in [-0.15, -0.1) is 6.58 Å². The molecule has 11 heteroatoms. The summed E-state index contributed by atoms with van der Waals surface area (Å²) in [6, 6.07) is 19.4. The van der Waals surface area contributed by atoms with E-state index < -0.39 is 23.8 Å². The van der Waals surface area contributed by atoms with Gasteiger partial charge in [-0.1, -0.05) is 72.6 Å². The van der Waals surface area contributed by atoms with Crippen molar-refractivity contribution >= 4 is 28.5 Å². The van der Waals surface area contributed by atoms with Crippen LogP contribution in [-0.4, -0.2) is 77.6 Å². The first-order valence-corrected chi connectivity index (χ1v) is 21.3. The number of oxime groups is 1. The lowest BCUT2D eigenvalue weighted by Gasteiger charge is -2.60. The molecule has 4 aliphatic rings. The van der Waals surface area contributed by atoms with E-state index in [0.717, 1.165) is 71.7 Å². The van der Waals surface area contributed by atoms with Gasteiger partial charge in [0.05, 0.1) is 18.2 Å². The molecule has 58 heavy (non-hydrogen) atoms. The molecule has 0 radical (unpaired) electrons. The van der Waals surface area contributed by atoms with Crippen molar-refractivity contribution in [2.45, 2.75) is 95.9 Å². The number of nitrogens with one attached hydrogen (secondary N) is 1. The number of nitrogens with zero attached hydrogens (tertiary/aromatic N) is 2. The molecular formula is C47H59N3O8. The maximum absolute atomic E-state index is 14.9. The summed E-state index contributed by atoms with van der Waals surface area (Å²) in [4.78, 5) is 35.5. The Morgan fingerprint density at radius 3 is 2.53 bits per heavy atom. The number of amides is 2. The molecule has 7 rings (SSSR count). The number of aliphatic hydroxyl groups is 2. The molecule has 0 spiro atoms. The molecule has 2 saturated carbocycles. The van der Waals surface area contributed by atoms with Gasteiger partial charge in [-0.2, -0.15) is 0 Å². The van der Waals surface area contributed by atoms with Crippen LogP contribution < -0.4 is 14.8 Å². The van der Waals surface area contributed by atoms with Gasteiger partial charge in [0.1, 0.15) is 24.1 Å². The highest BCUT2D eigenvalue weighted by atomic mass is 16.7. The molecule has 1 heterocycles. The number of carbonyl (C=O) groups excluding carboxylic acids is 2. The second kappa shape index (κ2) is 18.9. The van der Waals surface area contributed by atoms with Gasteiger partial charge in [-0.3, -0.25) is 4.79 Å². The highest BCUT2D eigenvalue weighted by Crippen LogP contribution is 2.62. The SMILES string of the molecule is C=CCOC12Oc3ccc(OC(=O)NCC)cc3C3C(CCCCO)C(CCCCO)C=C(C(=NOCC)CC1N(Cc1cccc4ccccc14)C(=O)C1CC1)C32. The molecular weight excluding hydrogens is 735 g/mol. The maximum Gasteiger partial charge on any atom is 0.412 e. The average molecular weight is 794 g/mol. The van der Waals surface area contributed by atoms with Gasteiger partial charge in [0, 0.05) is 50.1 Å². The molecule has 3 aromatic rings. The average Bonchev–Trinajstić information content (AvgIpc) is 4.09. The van der Waals surface area contributed by atoms with Gasteiger partial charge >= 0.3 is 6.09 Å². The van der Waals surface area contributed by atoms with Crippen molar-refractivity contribution in [1.29, 1.82) is 0 Å². The summed E-state index contributed by atoms with van der Waals surface area (Å²) < 4.78 is 20.3. The molecule has 310 valence electrons. The van der Waals surface area contributed by atoms with Crippen LogP contribution in [0.3, 0.4) is 0 Å². The minimum absolute atomic E-state index is 0.0470. The Labute approximate surface area is 342 Å². The van der Waals surface area contributed by atoms with Crippen LogP contribution >= 0.6 is 0 Å². The van der Waals surface area contributed by atoms with E-state index in [1.807, 2.05) is 49.1 Å². The lowest BCUT2D eigenvalue weighted by Crippen LogP contribution is -2.70. The molecule has 2 amide bonds. The van der Waals surface area contributed by atoms with Crippen LogP contribution in [0.5, 0.6) is 11.5 Å². The van der Waals surface area contributed by atoms with Crippen LogP contribution in [0, 0.1) is 23.7 Å². The van der Waals surface area contributed by atoms with E-state index in [0.29, 0.717) is 50.5 Å². The first-order valence-electron chi connectivity index (χ1n) is 21.3. The second-order valence-corrected chi connectivity index (χ2v) is 16.0. The third-order valence-electron chi connectivity index (χ3n) is 12.3. The molecule has 6 unspecified atom stereocenters. The Balaban J connectivity index is 1.46. The molecule has 2 fully saturated rings. The number of fused-ring (bicyclic) bond motifs is 3. The number of aliphatic hydroxyl groups excluding tert-OH is 2. The zero-order valence-corrected chi connectivity index (χ0v) is 33.9. The quantitative estimate of drug-likeness (QED) is 0.0630. The molecule has 1 aliphatic heterocycles. The summed E-state index contributed by atoms with van der Waals surface area (Å²) in [5, 5.41) is 29.5. The number of ether oxygens (including phenoxy) is 3. The van der Waals surface area contributed by atoms with Gasteiger partial charge in [0.2, 0.25) is 11.7 Å². The molecule has 3 aromatic carbocycles. The summed E-state index contributed by atoms with van der Waals surface area (Å²) in [5.41, 5.74) is 3.65. The number of benzene rings is 3. The van der Waals surface area contributed by atoms with E-state index in [1.165, 1.54) is 0 Å². The van der Waals surface area contributed by atoms with Crippen LogP contribution in [0.4, 0.5) is 4.79 Å². The Kier molecular flexibility index (Phi) is 13.5. The monoisotopic (exact) mass is 793 g/mol. The van der Waals surface area contributed by atoms with Crippen molar-refractivity contribution in [3.8, 4) is 11.5 Å². The predicted molar refractivity (Wildman–Crippen MR) is 224 cm³/mol. The first kappa shape index (κ1) is 41.4. The van der Waals surface area contributed by atoms with Gasteiger partial charge in [0.15, 0.2) is 0 Å². The zero-order chi connectivity index (χ0) is 40.6. The molecule has 3 N–H and O–H groups in total. The van der Waals surface area contributed by atoms with Crippen molar-refractivity contribution in [2.24, 2.45) is 28.8 Å². The smallest absolute Gasteiger partial charge is 0.412 e. The van der Waals surface area contributed by atoms with Crippen LogP contribution in [-0.2, 0) is 20.9 Å². The summed E-state index contributed by atoms with van der Waals surface area (Å²) in [6.07, 6.45) is 10.1. The predicted octanol–water partition coefficient (Wildman–Crippen LogP) is 8.04. The van der Waals surface area contributed by atoms with E-state index in [2.05, 4.69) is 42.2 Å². The van der Waals surface area contributed by atoms with Crippen molar-refractivity contribution in [2.75, 3.05) is 33.0 Å². The van der Waals surface area contributed by atoms with E-state index in [4.69, 9.17) is 24.2 Å². The second-order valence-electron chi connectivity index (χ2n) is 16.0. The van der Waals surface area contributed by atoms with Crippen molar-refractivity contribution in [1.82, 2.24) is 10.2 Å². The van der Waals surface area contributed by atoms with Gasteiger partial charge in [-0.05, 0) is 104 Å². The number of allylic oxidation sites excluding steroid dienone is 1. The summed E-state index contributed by atoms with van der Waals surface area (Å²) in [5.74, 6) is -0.942. The Morgan fingerprint density at radius 2 is 1.79 bits per heavy atom. The molecule has 0 saturated heterocycles.